The number of fused-ring (bicyclic) bond motifs is 3. The molecule has 0 aliphatic heterocycles. The number of para-hydroxylation sites is 1. The quantitative estimate of drug-likeness (QED) is 0.246. The van der Waals surface area contributed by atoms with Gasteiger partial charge in [0.1, 0.15) is 5.52 Å². The summed E-state index contributed by atoms with van der Waals surface area (Å²) in [5, 5.41) is 24.4. The van der Waals surface area contributed by atoms with Gasteiger partial charge >= 0.3 is 0 Å². The first-order valence-electron chi connectivity index (χ1n) is 9.88. The molecule has 0 bridgehead atoms. The molecule has 9 heteroatoms. The van der Waals surface area contributed by atoms with Crippen LogP contribution in [-0.2, 0) is 6.54 Å². The summed E-state index contributed by atoms with van der Waals surface area (Å²) in [4.78, 5) is 15.0. The summed E-state index contributed by atoms with van der Waals surface area (Å²) in [5.41, 5.74) is 7.14. The zero-order valence-corrected chi connectivity index (χ0v) is 16.8. The first-order chi connectivity index (χ1) is 15.7. The van der Waals surface area contributed by atoms with Gasteiger partial charge in [0.25, 0.3) is 11.6 Å². The van der Waals surface area contributed by atoms with Crippen LogP contribution in [0.25, 0.3) is 22.1 Å². The number of nitrogens with zero attached hydrogens (tertiary/aromatic N) is 6. The van der Waals surface area contributed by atoms with Crippen molar-refractivity contribution in [2.75, 3.05) is 5.43 Å². The van der Waals surface area contributed by atoms with Crippen molar-refractivity contribution in [1.29, 1.82) is 0 Å². The van der Waals surface area contributed by atoms with Gasteiger partial charge in [0.2, 0.25) is 0 Å². The molecular weight excluding hydrogens is 406 g/mol. The zero-order chi connectivity index (χ0) is 21.9. The fourth-order valence-electron chi connectivity index (χ4n) is 3.52. The lowest BCUT2D eigenvalue weighted by Crippen LogP contribution is -2.04. The number of non-ortho nitro benzene ring substituents is 1. The normalized spacial score (nSPS) is 11.4. The lowest BCUT2D eigenvalue weighted by Gasteiger charge is -2.07. The number of hydrogen-bond donors (Lipinski definition) is 1. The Morgan fingerprint density at radius 1 is 0.969 bits per heavy atom. The molecule has 32 heavy (non-hydrogen) atoms. The van der Waals surface area contributed by atoms with Crippen molar-refractivity contribution in [3.05, 3.63) is 100 Å². The Balaban J connectivity index is 1.46. The Hall–Kier alpha value is -4.66. The summed E-state index contributed by atoms with van der Waals surface area (Å²) in [7, 11) is 0. The summed E-state index contributed by atoms with van der Waals surface area (Å²) in [6.07, 6.45) is 1.54. The van der Waals surface area contributed by atoms with Crippen LogP contribution < -0.4 is 5.43 Å². The highest BCUT2D eigenvalue weighted by molar-refractivity contribution is 6.04. The Bertz CT molecular complexity index is 1440. The monoisotopic (exact) mass is 423 g/mol. The van der Waals surface area contributed by atoms with Crippen LogP contribution in [0.4, 0.5) is 11.6 Å². The van der Waals surface area contributed by atoms with E-state index in [0.29, 0.717) is 17.8 Å². The van der Waals surface area contributed by atoms with Gasteiger partial charge in [-0.2, -0.15) is 10.1 Å². The average molecular weight is 423 g/mol. The van der Waals surface area contributed by atoms with E-state index in [1.807, 2.05) is 42.5 Å². The molecule has 0 spiro atoms. The van der Waals surface area contributed by atoms with Gasteiger partial charge in [-0.1, -0.05) is 48.5 Å². The van der Waals surface area contributed by atoms with Gasteiger partial charge in [-0.15, -0.1) is 10.2 Å². The summed E-state index contributed by atoms with van der Waals surface area (Å²) < 4.78 is 2.11. The van der Waals surface area contributed by atoms with E-state index in [1.165, 1.54) is 18.3 Å². The van der Waals surface area contributed by atoms with E-state index < -0.39 is 4.92 Å². The highest BCUT2D eigenvalue weighted by atomic mass is 16.6. The predicted molar refractivity (Wildman–Crippen MR) is 123 cm³/mol. The summed E-state index contributed by atoms with van der Waals surface area (Å²) in [5.74, 6) is 0.257. The first kappa shape index (κ1) is 19.3. The molecule has 0 saturated carbocycles. The maximum Gasteiger partial charge on any atom is 0.269 e. The van der Waals surface area contributed by atoms with Crippen LogP contribution >= 0.6 is 0 Å². The van der Waals surface area contributed by atoms with Crippen LogP contribution in [0.5, 0.6) is 0 Å². The molecule has 5 aromatic rings. The fourth-order valence-corrected chi connectivity index (χ4v) is 3.52. The topological polar surface area (TPSA) is 111 Å². The molecule has 0 aliphatic carbocycles. The van der Waals surface area contributed by atoms with Crippen LogP contribution in [0.2, 0.25) is 0 Å². The van der Waals surface area contributed by atoms with Crippen molar-refractivity contribution >= 4 is 39.9 Å². The molecule has 0 saturated heterocycles. The van der Waals surface area contributed by atoms with Crippen LogP contribution in [-0.4, -0.2) is 30.9 Å². The molecule has 5 rings (SSSR count). The van der Waals surface area contributed by atoms with E-state index in [-0.39, 0.29) is 11.6 Å². The maximum atomic E-state index is 10.8. The molecule has 0 unspecified atom stereocenters. The third-order valence-electron chi connectivity index (χ3n) is 5.04. The zero-order valence-electron chi connectivity index (χ0n) is 16.8. The minimum Gasteiger partial charge on any atom is -0.319 e. The van der Waals surface area contributed by atoms with Crippen molar-refractivity contribution in [2.45, 2.75) is 6.54 Å². The summed E-state index contributed by atoms with van der Waals surface area (Å²) in [6.45, 7) is 0.648. The molecule has 156 valence electrons. The van der Waals surface area contributed by atoms with Gasteiger partial charge in [0, 0.05) is 24.1 Å². The number of nitro benzene ring substituents is 1. The number of aromatic nitrogens is 4. The van der Waals surface area contributed by atoms with Crippen LogP contribution in [0.15, 0.2) is 84.0 Å². The summed E-state index contributed by atoms with van der Waals surface area (Å²) >= 11 is 0. The second-order valence-corrected chi connectivity index (χ2v) is 7.12. The SMILES string of the molecule is O=[N+]([O-])c1ccc(C=NNc2nnc3c4ccccc4n(Cc4ccccc4)c3n2)cc1. The molecule has 1 N–H and O–H groups in total. The number of rotatable bonds is 6. The van der Waals surface area contributed by atoms with Crippen molar-refractivity contribution in [3.8, 4) is 0 Å². The van der Waals surface area contributed by atoms with E-state index in [9.17, 15) is 10.1 Å². The van der Waals surface area contributed by atoms with E-state index in [0.717, 1.165) is 22.0 Å². The van der Waals surface area contributed by atoms with Crippen molar-refractivity contribution in [1.82, 2.24) is 19.7 Å². The molecule has 0 atom stereocenters. The van der Waals surface area contributed by atoms with Gasteiger partial charge in [-0.25, -0.2) is 5.43 Å². The van der Waals surface area contributed by atoms with Gasteiger partial charge < -0.3 is 4.57 Å². The third kappa shape index (κ3) is 3.74. The lowest BCUT2D eigenvalue weighted by molar-refractivity contribution is -0.384. The van der Waals surface area contributed by atoms with E-state index in [4.69, 9.17) is 0 Å². The van der Waals surface area contributed by atoms with Crippen molar-refractivity contribution in [3.63, 3.8) is 0 Å². The van der Waals surface area contributed by atoms with E-state index >= 15 is 0 Å². The number of hydrazone groups is 1. The Morgan fingerprint density at radius 3 is 2.50 bits per heavy atom. The van der Waals surface area contributed by atoms with Crippen LogP contribution in [0.1, 0.15) is 11.1 Å². The molecule has 0 radical (unpaired) electrons. The number of nitrogens with one attached hydrogen (secondary N) is 1. The third-order valence-corrected chi connectivity index (χ3v) is 5.04. The molecular formula is C23H17N7O2. The number of hydrogen-bond acceptors (Lipinski definition) is 7. The van der Waals surface area contributed by atoms with Gasteiger partial charge in [0.05, 0.1) is 16.7 Å². The highest BCUT2D eigenvalue weighted by Crippen LogP contribution is 2.27. The van der Waals surface area contributed by atoms with Crippen LogP contribution in [0, 0.1) is 10.1 Å². The standard InChI is InChI=1S/C23H17N7O2/c31-30(32)18-12-10-16(11-13-18)14-24-27-23-25-22-21(26-28-23)19-8-4-5-9-20(19)29(22)15-17-6-2-1-3-7-17/h1-14H,15H2,(H,25,27,28). The predicted octanol–water partition coefficient (Wildman–Crippen LogP) is 4.38. The van der Waals surface area contributed by atoms with Gasteiger partial charge in [0.15, 0.2) is 5.65 Å². The molecule has 0 amide bonds. The second kappa shape index (κ2) is 8.23. The van der Waals surface area contributed by atoms with E-state index in [2.05, 4.69) is 42.4 Å². The second-order valence-electron chi connectivity index (χ2n) is 7.12. The number of benzene rings is 3. The molecule has 3 aromatic carbocycles. The Labute approximate surface area is 182 Å². The fraction of sp³-hybridized carbons (Fsp3) is 0.0435. The minimum absolute atomic E-state index is 0.0272. The number of anilines is 1. The Kier molecular flexibility index (Phi) is 4.97. The van der Waals surface area contributed by atoms with E-state index in [1.54, 1.807) is 12.1 Å². The average Bonchev–Trinajstić information content (AvgIpc) is 3.13. The van der Waals surface area contributed by atoms with Gasteiger partial charge in [-0.05, 0) is 29.3 Å². The maximum absolute atomic E-state index is 10.8. The minimum atomic E-state index is -0.442. The molecule has 2 aromatic heterocycles. The first-order valence-corrected chi connectivity index (χ1v) is 9.88. The number of nitro groups is 1. The highest BCUT2D eigenvalue weighted by Gasteiger charge is 2.14. The molecule has 0 fully saturated rings. The van der Waals surface area contributed by atoms with Crippen LogP contribution in [0.3, 0.4) is 0 Å². The lowest BCUT2D eigenvalue weighted by atomic mass is 10.2. The smallest absolute Gasteiger partial charge is 0.269 e. The Morgan fingerprint density at radius 2 is 1.72 bits per heavy atom. The summed E-state index contributed by atoms with van der Waals surface area (Å²) in [6, 6.07) is 24.2. The molecule has 0 aliphatic rings. The molecule has 9 nitrogen and oxygen atoms in total. The van der Waals surface area contributed by atoms with Crippen molar-refractivity contribution < 1.29 is 4.92 Å². The van der Waals surface area contributed by atoms with Crippen molar-refractivity contribution in [2.24, 2.45) is 5.10 Å². The largest absolute Gasteiger partial charge is 0.319 e. The molecule has 2 heterocycles. The van der Waals surface area contributed by atoms with Gasteiger partial charge in [-0.3, -0.25) is 10.1 Å².